The first-order valence-corrected chi connectivity index (χ1v) is 9.44. The molecular weight excluding hydrogens is 356 g/mol. The maximum atomic E-state index is 8.92. The number of aliphatic hydroxyl groups is 1. The highest BCUT2D eigenvalue weighted by Crippen LogP contribution is 2.35. The van der Waals surface area contributed by atoms with Gasteiger partial charge in [0.15, 0.2) is 0 Å². The van der Waals surface area contributed by atoms with E-state index in [1.807, 2.05) is 36.8 Å². The lowest BCUT2D eigenvalue weighted by Crippen LogP contribution is -2.02. The number of aryl methyl sites for hydroxylation is 2. The second-order valence-corrected chi connectivity index (χ2v) is 7.04. The molecule has 0 aliphatic heterocycles. The number of nitrogens with zero attached hydrogens (tertiary/aromatic N) is 3. The van der Waals surface area contributed by atoms with Gasteiger partial charge >= 0.3 is 0 Å². The lowest BCUT2D eigenvalue weighted by atomic mass is 10.1. The summed E-state index contributed by atoms with van der Waals surface area (Å²) in [6.45, 7) is 0.664. The lowest BCUT2D eigenvalue weighted by Gasteiger charge is -2.08. The third kappa shape index (κ3) is 3.85. The zero-order valence-electron chi connectivity index (χ0n) is 14.6. The minimum atomic E-state index is -0.134. The van der Waals surface area contributed by atoms with Crippen LogP contribution in [0.1, 0.15) is 10.6 Å². The van der Waals surface area contributed by atoms with Gasteiger partial charge in [0.2, 0.25) is 0 Å². The number of nitrogens with one attached hydrogen (secondary N) is 1. The minimum absolute atomic E-state index is 0.134. The van der Waals surface area contributed by atoms with Crippen LogP contribution in [0.25, 0.3) is 21.8 Å². The number of H-pyrrole nitrogens is 1. The summed E-state index contributed by atoms with van der Waals surface area (Å²) in [5, 5.41) is 8.92. The molecule has 0 saturated carbocycles. The van der Waals surface area contributed by atoms with Gasteiger partial charge in [0.1, 0.15) is 6.61 Å². The predicted octanol–water partition coefficient (Wildman–Crippen LogP) is 3.59. The van der Waals surface area contributed by atoms with Crippen LogP contribution in [-0.2, 0) is 13.0 Å². The third-order valence-electron chi connectivity index (χ3n) is 4.19. The van der Waals surface area contributed by atoms with E-state index in [1.165, 1.54) is 0 Å². The van der Waals surface area contributed by atoms with Crippen molar-refractivity contribution in [3.8, 4) is 33.7 Å². The first-order valence-electron chi connectivity index (χ1n) is 8.63. The third-order valence-corrected chi connectivity index (χ3v) is 5.20. The highest BCUT2D eigenvalue weighted by Gasteiger charge is 2.16. The fourth-order valence-electron chi connectivity index (χ4n) is 2.94. The van der Waals surface area contributed by atoms with Gasteiger partial charge in [-0.25, -0.2) is 9.97 Å². The average Bonchev–Trinajstić information content (AvgIpc) is 3.45. The van der Waals surface area contributed by atoms with Crippen molar-refractivity contribution in [2.75, 3.05) is 6.61 Å². The SMILES string of the molecule is OCC#Cc1ccc(-c2c(-c3ccccc3)ncn2CCc2cnc[nH]2)s1. The Labute approximate surface area is 161 Å². The molecule has 0 bridgehead atoms. The van der Waals surface area contributed by atoms with E-state index in [0.29, 0.717) is 0 Å². The normalized spacial score (nSPS) is 10.6. The van der Waals surface area contributed by atoms with Gasteiger partial charge in [-0.15, -0.1) is 11.3 Å². The van der Waals surface area contributed by atoms with Crippen LogP contribution < -0.4 is 0 Å². The quantitative estimate of drug-likeness (QED) is 0.525. The Balaban J connectivity index is 1.73. The summed E-state index contributed by atoms with van der Waals surface area (Å²) < 4.78 is 2.18. The van der Waals surface area contributed by atoms with Crippen molar-refractivity contribution < 1.29 is 5.11 Å². The van der Waals surface area contributed by atoms with Gasteiger partial charge in [-0.3, -0.25) is 0 Å². The maximum Gasteiger partial charge on any atom is 0.104 e. The van der Waals surface area contributed by atoms with Crippen LogP contribution in [-0.4, -0.2) is 31.2 Å². The van der Waals surface area contributed by atoms with Gasteiger partial charge in [-0.05, 0) is 12.1 Å². The Morgan fingerprint density at radius 2 is 2.04 bits per heavy atom. The number of aliphatic hydroxyl groups excluding tert-OH is 1. The van der Waals surface area contributed by atoms with Crippen molar-refractivity contribution in [1.29, 1.82) is 0 Å². The van der Waals surface area contributed by atoms with Gasteiger partial charge in [0, 0.05) is 30.4 Å². The number of thiophene rings is 1. The fourth-order valence-corrected chi connectivity index (χ4v) is 3.88. The Hall–Kier alpha value is -3.14. The zero-order valence-corrected chi connectivity index (χ0v) is 15.4. The standard InChI is InChI=1S/C21H18N4OS/c26-12-4-7-18-8-9-19(27-18)21-20(16-5-2-1-3-6-16)24-15-25(21)11-10-17-13-22-14-23-17/h1-3,5-6,8-9,13-15,26H,10-12H2,(H,22,23). The summed E-state index contributed by atoms with van der Waals surface area (Å²) in [7, 11) is 0. The van der Waals surface area contributed by atoms with Crippen LogP contribution in [0, 0.1) is 11.8 Å². The molecule has 0 aliphatic rings. The number of aromatic nitrogens is 4. The lowest BCUT2D eigenvalue weighted by molar-refractivity contribution is 0.350. The van der Waals surface area contributed by atoms with E-state index in [1.54, 1.807) is 17.7 Å². The molecule has 134 valence electrons. The highest BCUT2D eigenvalue weighted by atomic mass is 32.1. The second-order valence-electron chi connectivity index (χ2n) is 5.95. The zero-order chi connectivity index (χ0) is 18.5. The van der Waals surface area contributed by atoms with Crippen molar-refractivity contribution in [3.63, 3.8) is 0 Å². The van der Waals surface area contributed by atoms with Gasteiger partial charge < -0.3 is 14.7 Å². The summed E-state index contributed by atoms with van der Waals surface area (Å²) in [6.07, 6.45) is 6.29. The first-order chi connectivity index (χ1) is 13.3. The molecule has 5 nitrogen and oxygen atoms in total. The van der Waals surface area contributed by atoms with E-state index >= 15 is 0 Å². The summed E-state index contributed by atoms with van der Waals surface area (Å²) >= 11 is 1.61. The molecule has 4 aromatic rings. The van der Waals surface area contributed by atoms with Gasteiger partial charge in [0.25, 0.3) is 0 Å². The maximum absolute atomic E-state index is 8.92. The molecule has 0 atom stereocenters. The van der Waals surface area contributed by atoms with Crippen molar-refractivity contribution in [3.05, 3.63) is 71.9 Å². The summed E-state index contributed by atoms with van der Waals surface area (Å²) in [5.41, 5.74) is 4.23. The van der Waals surface area contributed by atoms with E-state index in [2.05, 4.69) is 44.6 Å². The number of benzene rings is 1. The van der Waals surface area contributed by atoms with E-state index < -0.39 is 0 Å². The number of imidazole rings is 2. The molecule has 0 fully saturated rings. The molecule has 3 heterocycles. The van der Waals surface area contributed by atoms with Crippen LogP contribution >= 0.6 is 11.3 Å². The highest BCUT2D eigenvalue weighted by molar-refractivity contribution is 7.16. The molecule has 3 aromatic heterocycles. The number of hydrogen-bond donors (Lipinski definition) is 2. The number of hydrogen-bond acceptors (Lipinski definition) is 4. The molecule has 4 rings (SSSR count). The fraction of sp³-hybridized carbons (Fsp3) is 0.143. The monoisotopic (exact) mass is 374 g/mol. The average molecular weight is 374 g/mol. The largest absolute Gasteiger partial charge is 0.384 e. The molecular formula is C21H18N4OS. The van der Waals surface area contributed by atoms with Crippen LogP contribution in [0.2, 0.25) is 0 Å². The minimum Gasteiger partial charge on any atom is -0.384 e. The van der Waals surface area contributed by atoms with Crippen LogP contribution in [0.5, 0.6) is 0 Å². The molecule has 0 saturated heterocycles. The summed E-state index contributed by atoms with van der Waals surface area (Å²) in [5.74, 6) is 5.70. The van der Waals surface area contributed by atoms with E-state index in [0.717, 1.165) is 45.4 Å². The van der Waals surface area contributed by atoms with Crippen molar-refractivity contribution >= 4 is 11.3 Å². The summed E-state index contributed by atoms with van der Waals surface area (Å²) in [6, 6.07) is 14.3. The van der Waals surface area contributed by atoms with Gasteiger partial charge in [-0.2, -0.15) is 0 Å². The molecule has 27 heavy (non-hydrogen) atoms. The predicted molar refractivity (Wildman–Crippen MR) is 107 cm³/mol. The van der Waals surface area contributed by atoms with Crippen molar-refractivity contribution in [2.45, 2.75) is 13.0 Å². The Bertz CT molecular complexity index is 1070. The molecule has 2 N–H and O–H groups in total. The molecule has 1 aromatic carbocycles. The second kappa shape index (κ2) is 8.04. The molecule has 0 aliphatic carbocycles. The van der Waals surface area contributed by atoms with E-state index in [9.17, 15) is 0 Å². The van der Waals surface area contributed by atoms with E-state index in [4.69, 9.17) is 10.1 Å². The Morgan fingerprint density at radius 3 is 2.81 bits per heavy atom. The summed E-state index contributed by atoms with van der Waals surface area (Å²) in [4.78, 5) is 14.0. The Morgan fingerprint density at radius 1 is 1.15 bits per heavy atom. The van der Waals surface area contributed by atoms with E-state index in [-0.39, 0.29) is 6.61 Å². The Kier molecular flexibility index (Phi) is 5.15. The van der Waals surface area contributed by atoms with Crippen LogP contribution in [0.4, 0.5) is 0 Å². The molecule has 0 unspecified atom stereocenters. The van der Waals surface area contributed by atoms with Crippen molar-refractivity contribution in [1.82, 2.24) is 19.5 Å². The smallest absolute Gasteiger partial charge is 0.104 e. The molecule has 0 amide bonds. The molecule has 0 radical (unpaired) electrons. The van der Waals surface area contributed by atoms with Crippen LogP contribution in [0.3, 0.4) is 0 Å². The van der Waals surface area contributed by atoms with Crippen LogP contribution in [0.15, 0.2) is 61.3 Å². The van der Waals surface area contributed by atoms with Gasteiger partial charge in [-0.1, -0.05) is 42.2 Å². The topological polar surface area (TPSA) is 66.7 Å². The van der Waals surface area contributed by atoms with Crippen molar-refractivity contribution in [2.24, 2.45) is 0 Å². The van der Waals surface area contributed by atoms with Gasteiger partial charge in [0.05, 0.1) is 33.8 Å². The number of rotatable bonds is 5. The molecule has 0 spiro atoms. The first kappa shape index (κ1) is 17.3. The molecule has 6 heteroatoms. The number of aromatic amines is 1.